The molecule has 1 aromatic carbocycles. The number of amides is 1. The van der Waals surface area contributed by atoms with Crippen molar-refractivity contribution in [3.8, 4) is 11.1 Å². The number of aromatic nitrogens is 3. The molecule has 0 unspecified atom stereocenters. The summed E-state index contributed by atoms with van der Waals surface area (Å²) in [7, 11) is 0. The number of likely N-dealkylation sites (tertiary alicyclic amines) is 1. The SMILES string of the molecule is CC(=O)N1CCC(c2[nH]ncc2-c2ccnc(NCc3ccccc3F)c2)CC1. The lowest BCUT2D eigenvalue weighted by Crippen LogP contribution is -2.36. The third-order valence-electron chi connectivity index (χ3n) is 5.51. The van der Waals surface area contributed by atoms with Gasteiger partial charge in [0.25, 0.3) is 0 Å². The summed E-state index contributed by atoms with van der Waals surface area (Å²) in [5.74, 6) is 0.925. The molecule has 1 amide bonds. The fourth-order valence-electron chi connectivity index (χ4n) is 3.84. The zero-order valence-electron chi connectivity index (χ0n) is 16.4. The number of nitrogens with zero attached hydrogens (tertiary/aromatic N) is 3. The van der Waals surface area contributed by atoms with E-state index in [1.807, 2.05) is 29.3 Å². The van der Waals surface area contributed by atoms with Crippen molar-refractivity contribution in [3.05, 3.63) is 65.9 Å². The average molecular weight is 393 g/mol. The Balaban J connectivity index is 1.49. The van der Waals surface area contributed by atoms with E-state index >= 15 is 0 Å². The van der Waals surface area contributed by atoms with Gasteiger partial charge in [-0.25, -0.2) is 9.37 Å². The van der Waals surface area contributed by atoms with E-state index in [2.05, 4.69) is 20.5 Å². The van der Waals surface area contributed by atoms with Crippen molar-refractivity contribution in [1.82, 2.24) is 20.1 Å². The van der Waals surface area contributed by atoms with E-state index in [4.69, 9.17) is 0 Å². The maximum absolute atomic E-state index is 13.8. The van der Waals surface area contributed by atoms with Gasteiger partial charge in [-0.05, 0) is 36.6 Å². The summed E-state index contributed by atoms with van der Waals surface area (Å²) >= 11 is 0. The van der Waals surface area contributed by atoms with Gasteiger partial charge in [-0.3, -0.25) is 9.89 Å². The molecule has 1 fully saturated rings. The van der Waals surface area contributed by atoms with Crippen LogP contribution in [0.5, 0.6) is 0 Å². The van der Waals surface area contributed by atoms with Crippen LogP contribution in [-0.2, 0) is 11.3 Å². The highest BCUT2D eigenvalue weighted by molar-refractivity contribution is 5.73. The molecule has 1 aliphatic rings. The highest BCUT2D eigenvalue weighted by Gasteiger charge is 2.25. The van der Waals surface area contributed by atoms with Crippen molar-refractivity contribution in [2.75, 3.05) is 18.4 Å². The van der Waals surface area contributed by atoms with Gasteiger partial charge < -0.3 is 10.2 Å². The zero-order valence-corrected chi connectivity index (χ0v) is 16.4. The van der Waals surface area contributed by atoms with Crippen LogP contribution in [0.2, 0.25) is 0 Å². The molecule has 0 atom stereocenters. The number of carbonyl (C=O) groups is 1. The van der Waals surface area contributed by atoms with Crippen LogP contribution in [0, 0.1) is 5.82 Å². The number of hydrogen-bond acceptors (Lipinski definition) is 4. The Bertz CT molecular complexity index is 994. The molecule has 6 nitrogen and oxygen atoms in total. The highest BCUT2D eigenvalue weighted by Crippen LogP contribution is 2.34. The van der Waals surface area contributed by atoms with Crippen LogP contribution in [-0.4, -0.2) is 39.1 Å². The van der Waals surface area contributed by atoms with E-state index in [-0.39, 0.29) is 11.7 Å². The molecule has 0 spiro atoms. The molecule has 150 valence electrons. The number of nitrogens with one attached hydrogen (secondary N) is 2. The predicted molar refractivity (Wildman–Crippen MR) is 110 cm³/mol. The van der Waals surface area contributed by atoms with Gasteiger partial charge in [0.05, 0.1) is 6.20 Å². The van der Waals surface area contributed by atoms with Crippen molar-refractivity contribution in [2.24, 2.45) is 0 Å². The summed E-state index contributed by atoms with van der Waals surface area (Å²) in [5.41, 5.74) is 3.75. The summed E-state index contributed by atoms with van der Waals surface area (Å²) in [6.45, 7) is 3.52. The van der Waals surface area contributed by atoms with E-state index in [1.165, 1.54) is 6.07 Å². The van der Waals surface area contributed by atoms with Gasteiger partial charge in [0.2, 0.25) is 5.91 Å². The van der Waals surface area contributed by atoms with Crippen LogP contribution in [0.4, 0.5) is 10.2 Å². The topological polar surface area (TPSA) is 73.9 Å². The molecular formula is C22H24FN5O. The normalized spacial score (nSPS) is 14.8. The van der Waals surface area contributed by atoms with Crippen molar-refractivity contribution in [2.45, 2.75) is 32.2 Å². The molecule has 3 heterocycles. The Morgan fingerprint density at radius 3 is 2.83 bits per heavy atom. The zero-order chi connectivity index (χ0) is 20.2. The molecule has 29 heavy (non-hydrogen) atoms. The molecule has 4 rings (SSSR count). The Labute approximate surface area is 169 Å². The standard InChI is InChI=1S/C22H24FN5O/c1-15(29)28-10-7-16(8-11-28)22-19(14-26-27-22)17-6-9-24-21(12-17)25-13-18-4-2-3-5-20(18)23/h2-6,9,12,14,16H,7-8,10-11,13H2,1H3,(H,24,25)(H,26,27). The molecule has 1 aliphatic heterocycles. The van der Waals surface area contributed by atoms with Crippen LogP contribution < -0.4 is 5.32 Å². The third-order valence-corrected chi connectivity index (χ3v) is 5.51. The molecule has 7 heteroatoms. The van der Waals surface area contributed by atoms with E-state index in [0.717, 1.165) is 42.8 Å². The molecule has 0 aliphatic carbocycles. The lowest BCUT2D eigenvalue weighted by molar-refractivity contribution is -0.129. The maximum Gasteiger partial charge on any atom is 0.219 e. The fourth-order valence-corrected chi connectivity index (χ4v) is 3.84. The fraction of sp³-hybridized carbons (Fsp3) is 0.318. The molecule has 0 bridgehead atoms. The van der Waals surface area contributed by atoms with Crippen molar-refractivity contribution < 1.29 is 9.18 Å². The molecule has 3 aromatic rings. The Kier molecular flexibility index (Phi) is 5.55. The summed E-state index contributed by atoms with van der Waals surface area (Å²) in [6.07, 6.45) is 5.41. The number of piperidine rings is 1. The molecular weight excluding hydrogens is 369 g/mol. The Morgan fingerprint density at radius 1 is 1.28 bits per heavy atom. The number of benzene rings is 1. The second-order valence-electron chi connectivity index (χ2n) is 7.35. The van der Waals surface area contributed by atoms with Gasteiger partial charge in [0.1, 0.15) is 11.6 Å². The smallest absolute Gasteiger partial charge is 0.219 e. The van der Waals surface area contributed by atoms with Crippen LogP contribution in [0.1, 0.15) is 36.9 Å². The minimum absolute atomic E-state index is 0.132. The highest BCUT2D eigenvalue weighted by atomic mass is 19.1. The molecule has 1 saturated heterocycles. The Hall–Kier alpha value is -3.22. The number of aromatic amines is 1. The lowest BCUT2D eigenvalue weighted by atomic mass is 9.89. The van der Waals surface area contributed by atoms with E-state index in [1.54, 1.807) is 25.3 Å². The maximum atomic E-state index is 13.8. The van der Waals surface area contributed by atoms with Crippen molar-refractivity contribution in [3.63, 3.8) is 0 Å². The lowest BCUT2D eigenvalue weighted by Gasteiger charge is -2.31. The van der Waals surface area contributed by atoms with E-state index < -0.39 is 0 Å². The number of hydrogen-bond donors (Lipinski definition) is 2. The van der Waals surface area contributed by atoms with Crippen LogP contribution in [0.3, 0.4) is 0 Å². The first-order valence-electron chi connectivity index (χ1n) is 9.84. The first kappa shape index (κ1) is 19.1. The molecule has 2 aromatic heterocycles. The number of halogens is 1. The number of anilines is 1. The quantitative estimate of drug-likeness (QED) is 0.688. The average Bonchev–Trinajstić information content (AvgIpc) is 3.23. The minimum Gasteiger partial charge on any atom is -0.366 e. The van der Waals surface area contributed by atoms with Crippen LogP contribution in [0.15, 0.2) is 48.8 Å². The van der Waals surface area contributed by atoms with Gasteiger partial charge in [-0.15, -0.1) is 0 Å². The van der Waals surface area contributed by atoms with Gasteiger partial charge in [-0.2, -0.15) is 5.10 Å². The second-order valence-corrected chi connectivity index (χ2v) is 7.35. The Morgan fingerprint density at radius 2 is 2.07 bits per heavy atom. The largest absolute Gasteiger partial charge is 0.366 e. The monoisotopic (exact) mass is 393 g/mol. The van der Waals surface area contributed by atoms with Gasteiger partial charge >= 0.3 is 0 Å². The number of rotatable bonds is 5. The third kappa shape index (κ3) is 4.29. The summed E-state index contributed by atoms with van der Waals surface area (Å²) in [4.78, 5) is 17.8. The molecule has 2 N–H and O–H groups in total. The summed E-state index contributed by atoms with van der Waals surface area (Å²) in [5, 5.41) is 10.6. The number of pyridine rings is 1. The molecule has 0 radical (unpaired) electrons. The summed E-state index contributed by atoms with van der Waals surface area (Å²) < 4.78 is 13.8. The minimum atomic E-state index is -0.231. The van der Waals surface area contributed by atoms with Crippen LogP contribution in [0.25, 0.3) is 11.1 Å². The van der Waals surface area contributed by atoms with E-state index in [0.29, 0.717) is 23.8 Å². The van der Waals surface area contributed by atoms with E-state index in [9.17, 15) is 9.18 Å². The number of H-pyrrole nitrogens is 1. The second kappa shape index (κ2) is 8.43. The van der Waals surface area contributed by atoms with Gasteiger partial charge in [0.15, 0.2) is 0 Å². The first-order valence-corrected chi connectivity index (χ1v) is 9.84. The molecule has 0 saturated carbocycles. The predicted octanol–water partition coefficient (Wildman–Crippen LogP) is 3.95. The van der Waals surface area contributed by atoms with Gasteiger partial charge in [0, 0.05) is 55.5 Å². The van der Waals surface area contributed by atoms with Gasteiger partial charge in [-0.1, -0.05) is 18.2 Å². The van der Waals surface area contributed by atoms with Crippen molar-refractivity contribution >= 4 is 11.7 Å². The first-order chi connectivity index (χ1) is 14.1. The van der Waals surface area contributed by atoms with Crippen molar-refractivity contribution in [1.29, 1.82) is 0 Å². The summed E-state index contributed by atoms with van der Waals surface area (Å²) in [6, 6.07) is 10.6. The van der Waals surface area contributed by atoms with Crippen LogP contribution >= 0.6 is 0 Å². The number of carbonyl (C=O) groups excluding carboxylic acids is 1.